The van der Waals surface area contributed by atoms with Gasteiger partial charge in [-0.15, -0.1) is 0 Å². The molecule has 0 amide bonds. The Labute approximate surface area is 104 Å². The second kappa shape index (κ2) is 5.01. The molecule has 0 spiro atoms. The van der Waals surface area contributed by atoms with E-state index in [1.807, 2.05) is 12.1 Å². The van der Waals surface area contributed by atoms with E-state index in [2.05, 4.69) is 9.97 Å². The fourth-order valence-corrected chi connectivity index (χ4v) is 1.67. The molecule has 0 radical (unpaired) electrons. The van der Waals surface area contributed by atoms with Crippen LogP contribution in [0.3, 0.4) is 0 Å². The summed E-state index contributed by atoms with van der Waals surface area (Å²) in [5, 5.41) is 0.350. The maximum Gasteiger partial charge on any atom is 0.155 e. The van der Waals surface area contributed by atoms with Crippen molar-refractivity contribution in [3.05, 3.63) is 35.7 Å². The molecule has 0 aliphatic rings. The average molecular weight is 251 g/mol. The second-order valence-corrected chi connectivity index (χ2v) is 3.66. The topological polar surface area (TPSA) is 44.2 Å². The number of benzene rings is 1. The highest BCUT2D eigenvalue weighted by Crippen LogP contribution is 2.31. The van der Waals surface area contributed by atoms with Crippen molar-refractivity contribution < 1.29 is 9.47 Å². The number of hydrogen-bond acceptors (Lipinski definition) is 4. The van der Waals surface area contributed by atoms with E-state index in [1.54, 1.807) is 32.7 Å². The number of halogens is 1. The molecule has 0 aliphatic carbocycles. The highest BCUT2D eigenvalue weighted by molar-refractivity contribution is 6.31. The Balaban J connectivity index is 2.55. The zero-order valence-corrected chi connectivity index (χ0v) is 10.2. The first kappa shape index (κ1) is 11.7. The molecule has 2 rings (SSSR count). The summed E-state index contributed by atoms with van der Waals surface area (Å²) >= 11 is 5.99. The van der Waals surface area contributed by atoms with Gasteiger partial charge in [-0.2, -0.15) is 0 Å². The molecule has 0 saturated carbocycles. The summed E-state index contributed by atoms with van der Waals surface area (Å²) in [6, 6.07) is 5.45. The van der Waals surface area contributed by atoms with Crippen LogP contribution in [0.15, 0.2) is 30.6 Å². The molecule has 4 nitrogen and oxygen atoms in total. The first-order valence-corrected chi connectivity index (χ1v) is 5.32. The molecule has 17 heavy (non-hydrogen) atoms. The molecule has 1 aromatic heterocycles. The van der Waals surface area contributed by atoms with Gasteiger partial charge in [0.1, 0.15) is 17.2 Å². The summed E-state index contributed by atoms with van der Waals surface area (Å²) in [4.78, 5) is 8.18. The van der Waals surface area contributed by atoms with Crippen molar-refractivity contribution >= 4 is 11.6 Å². The number of hydrogen-bond donors (Lipinski definition) is 0. The van der Waals surface area contributed by atoms with Crippen LogP contribution in [0, 0.1) is 0 Å². The van der Waals surface area contributed by atoms with E-state index >= 15 is 0 Å². The molecule has 1 aromatic carbocycles. The predicted octanol–water partition coefficient (Wildman–Crippen LogP) is 2.81. The molecule has 5 heteroatoms. The van der Waals surface area contributed by atoms with E-state index in [0.29, 0.717) is 22.3 Å². The van der Waals surface area contributed by atoms with Crippen molar-refractivity contribution in [2.75, 3.05) is 14.2 Å². The summed E-state index contributed by atoms with van der Waals surface area (Å²) in [6.07, 6.45) is 3.14. The Hall–Kier alpha value is -1.81. The molecule has 2 aromatic rings. The minimum Gasteiger partial charge on any atom is -0.497 e. The van der Waals surface area contributed by atoms with Crippen LogP contribution >= 0.6 is 11.6 Å². The Bertz CT molecular complexity index is 509. The lowest BCUT2D eigenvalue weighted by Gasteiger charge is -2.08. The number of aromatic nitrogens is 2. The third-order valence-electron chi connectivity index (χ3n) is 2.28. The monoisotopic (exact) mass is 250 g/mol. The van der Waals surface area contributed by atoms with Gasteiger partial charge in [-0.3, -0.25) is 4.98 Å². The van der Waals surface area contributed by atoms with Crippen LogP contribution in [0.25, 0.3) is 11.3 Å². The Morgan fingerprint density at radius 2 is 1.53 bits per heavy atom. The van der Waals surface area contributed by atoms with Crippen LogP contribution in [0.4, 0.5) is 0 Å². The van der Waals surface area contributed by atoms with Crippen molar-refractivity contribution in [3.63, 3.8) is 0 Å². The van der Waals surface area contributed by atoms with Crippen molar-refractivity contribution in [1.82, 2.24) is 9.97 Å². The summed E-state index contributed by atoms with van der Waals surface area (Å²) in [6.45, 7) is 0. The van der Waals surface area contributed by atoms with Gasteiger partial charge in [0.25, 0.3) is 0 Å². The van der Waals surface area contributed by atoms with Crippen molar-refractivity contribution in [2.45, 2.75) is 0 Å². The quantitative estimate of drug-likeness (QED) is 0.840. The van der Waals surface area contributed by atoms with Gasteiger partial charge < -0.3 is 9.47 Å². The summed E-state index contributed by atoms with van der Waals surface area (Å²) in [7, 11) is 3.19. The van der Waals surface area contributed by atoms with Gasteiger partial charge in [0.15, 0.2) is 5.15 Å². The molecule has 0 saturated heterocycles. The van der Waals surface area contributed by atoms with Crippen LogP contribution in [0.2, 0.25) is 5.15 Å². The molecule has 88 valence electrons. The Kier molecular flexibility index (Phi) is 3.44. The van der Waals surface area contributed by atoms with Gasteiger partial charge in [-0.25, -0.2) is 4.98 Å². The predicted molar refractivity (Wildman–Crippen MR) is 65.6 cm³/mol. The van der Waals surface area contributed by atoms with Crippen molar-refractivity contribution in [3.8, 4) is 22.8 Å². The number of nitrogens with zero attached hydrogens (tertiary/aromatic N) is 2. The van der Waals surface area contributed by atoms with Crippen LogP contribution < -0.4 is 9.47 Å². The molecule has 0 unspecified atom stereocenters. The van der Waals surface area contributed by atoms with E-state index < -0.39 is 0 Å². The lowest BCUT2D eigenvalue weighted by Crippen LogP contribution is -1.91. The average Bonchev–Trinajstić information content (AvgIpc) is 2.38. The number of ether oxygens (including phenoxy) is 2. The molecule has 0 fully saturated rings. The Morgan fingerprint density at radius 3 is 2.06 bits per heavy atom. The number of methoxy groups -OCH3 is 2. The molecule has 0 atom stereocenters. The molecule has 1 heterocycles. The van der Waals surface area contributed by atoms with E-state index in [0.717, 1.165) is 5.56 Å². The molecular formula is C12H11ClN2O2. The van der Waals surface area contributed by atoms with Gasteiger partial charge in [0.05, 0.1) is 14.2 Å². The van der Waals surface area contributed by atoms with Crippen LogP contribution in [-0.2, 0) is 0 Å². The molecule has 0 aliphatic heterocycles. The Morgan fingerprint density at radius 1 is 0.941 bits per heavy atom. The smallest absolute Gasteiger partial charge is 0.155 e. The summed E-state index contributed by atoms with van der Waals surface area (Å²) in [5.74, 6) is 1.36. The standard InChI is InChI=1S/C12H11ClN2O2/c1-16-9-5-8(6-10(7-9)17-2)11-12(13)15-4-3-14-11/h3-7H,1-2H3. The third kappa shape index (κ3) is 2.47. The first-order valence-electron chi connectivity index (χ1n) is 4.94. The first-order chi connectivity index (χ1) is 8.24. The van der Waals surface area contributed by atoms with Gasteiger partial charge >= 0.3 is 0 Å². The summed E-state index contributed by atoms with van der Waals surface area (Å²) in [5.41, 5.74) is 1.41. The lowest BCUT2D eigenvalue weighted by atomic mass is 10.1. The maximum atomic E-state index is 5.99. The van der Waals surface area contributed by atoms with Crippen molar-refractivity contribution in [2.24, 2.45) is 0 Å². The maximum absolute atomic E-state index is 5.99. The fourth-order valence-electron chi connectivity index (χ4n) is 1.46. The van der Waals surface area contributed by atoms with Gasteiger partial charge in [-0.05, 0) is 12.1 Å². The normalized spacial score (nSPS) is 10.1. The fraction of sp³-hybridized carbons (Fsp3) is 0.167. The number of rotatable bonds is 3. The van der Waals surface area contributed by atoms with E-state index in [4.69, 9.17) is 21.1 Å². The highest BCUT2D eigenvalue weighted by atomic mass is 35.5. The van der Waals surface area contributed by atoms with Crippen LogP contribution in [0.1, 0.15) is 0 Å². The van der Waals surface area contributed by atoms with E-state index in [9.17, 15) is 0 Å². The summed E-state index contributed by atoms with van der Waals surface area (Å²) < 4.78 is 10.4. The van der Waals surface area contributed by atoms with E-state index in [1.165, 1.54) is 0 Å². The minimum absolute atomic E-state index is 0.350. The molecule has 0 bridgehead atoms. The highest BCUT2D eigenvalue weighted by Gasteiger charge is 2.09. The molecule has 0 N–H and O–H groups in total. The van der Waals surface area contributed by atoms with Gasteiger partial charge in [0.2, 0.25) is 0 Å². The lowest BCUT2D eigenvalue weighted by molar-refractivity contribution is 0.394. The van der Waals surface area contributed by atoms with Gasteiger partial charge in [-0.1, -0.05) is 11.6 Å². The van der Waals surface area contributed by atoms with Gasteiger partial charge in [0, 0.05) is 24.0 Å². The van der Waals surface area contributed by atoms with E-state index in [-0.39, 0.29) is 0 Å². The third-order valence-corrected chi connectivity index (χ3v) is 2.56. The molecular weight excluding hydrogens is 240 g/mol. The SMILES string of the molecule is COc1cc(OC)cc(-c2nccnc2Cl)c1. The minimum atomic E-state index is 0.350. The zero-order valence-electron chi connectivity index (χ0n) is 9.48. The zero-order chi connectivity index (χ0) is 12.3. The van der Waals surface area contributed by atoms with Crippen LogP contribution in [-0.4, -0.2) is 24.2 Å². The van der Waals surface area contributed by atoms with Crippen LogP contribution in [0.5, 0.6) is 11.5 Å². The largest absolute Gasteiger partial charge is 0.497 e. The van der Waals surface area contributed by atoms with Crippen molar-refractivity contribution in [1.29, 1.82) is 0 Å². The second-order valence-electron chi connectivity index (χ2n) is 3.30.